The minimum atomic E-state index is -0.434. The van der Waals surface area contributed by atoms with E-state index in [9.17, 15) is 5.26 Å². The Morgan fingerprint density at radius 2 is 2.35 bits per heavy atom. The average Bonchev–Trinajstić information content (AvgIpc) is 2.35. The molecule has 1 aromatic rings. The molecule has 0 saturated carbocycles. The highest BCUT2D eigenvalue weighted by Crippen LogP contribution is 2.32. The zero-order chi connectivity index (χ0) is 12.3. The Labute approximate surface area is 119 Å². The monoisotopic (exact) mass is 330 g/mol. The number of nitrogens with one attached hydrogen (secondary N) is 1. The van der Waals surface area contributed by atoms with Gasteiger partial charge in [0.1, 0.15) is 5.54 Å². The third kappa shape index (κ3) is 3.09. The van der Waals surface area contributed by atoms with Crippen molar-refractivity contribution in [3.63, 3.8) is 0 Å². The fourth-order valence-electron chi connectivity index (χ4n) is 1.86. The maximum atomic E-state index is 9.36. The van der Waals surface area contributed by atoms with E-state index in [0.29, 0.717) is 5.02 Å². The van der Waals surface area contributed by atoms with Crippen molar-refractivity contribution in [1.82, 2.24) is 0 Å². The Balaban J connectivity index is 2.18. The number of anilines is 1. The molecule has 1 aliphatic rings. The van der Waals surface area contributed by atoms with Crippen molar-refractivity contribution in [3.05, 3.63) is 27.7 Å². The quantitative estimate of drug-likeness (QED) is 0.877. The van der Waals surface area contributed by atoms with E-state index in [2.05, 4.69) is 27.3 Å². The van der Waals surface area contributed by atoms with E-state index in [1.54, 1.807) is 0 Å². The van der Waals surface area contributed by atoms with E-state index in [1.807, 2.05) is 30.0 Å². The normalized spacial score (nSPS) is 24.1. The van der Waals surface area contributed by atoms with Crippen molar-refractivity contribution in [2.75, 3.05) is 16.8 Å². The first-order valence-electron chi connectivity index (χ1n) is 5.37. The lowest BCUT2D eigenvalue weighted by molar-refractivity contribution is 0.576. The third-order valence-corrected chi connectivity index (χ3v) is 5.25. The van der Waals surface area contributed by atoms with Gasteiger partial charge in [-0.25, -0.2) is 0 Å². The van der Waals surface area contributed by atoms with Crippen LogP contribution in [0.4, 0.5) is 5.69 Å². The second-order valence-corrected chi connectivity index (χ2v) is 6.47. The van der Waals surface area contributed by atoms with Crippen LogP contribution >= 0.6 is 39.3 Å². The van der Waals surface area contributed by atoms with Crippen LogP contribution in [-0.4, -0.2) is 17.0 Å². The van der Waals surface area contributed by atoms with Crippen LogP contribution in [0.1, 0.15) is 12.8 Å². The molecule has 1 fully saturated rings. The van der Waals surface area contributed by atoms with Crippen LogP contribution in [0.3, 0.4) is 0 Å². The number of rotatable bonds is 2. The number of nitriles is 1. The van der Waals surface area contributed by atoms with Crippen LogP contribution in [0, 0.1) is 11.3 Å². The average molecular weight is 332 g/mol. The van der Waals surface area contributed by atoms with Gasteiger partial charge in [-0.3, -0.25) is 0 Å². The molecule has 1 heterocycles. The minimum absolute atomic E-state index is 0.434. The summed E-state index contributed by atoms with van der Waals surface area (Å²) in [7, 11) is 0. The summed E-state index contributed by atoms with van der Waals surface area (Å²) in [5.74, 6) is 1.99. The Kier molecular flexibility index (Phi) is 4.24. The van der Waals surface area contributed by atoms with Crippen molar-refractivity contribution in [2.45, 2.75) is 18.4 Å². The first-order chi connectivity index (χ1) is 8.15. The highest BCUT2D eigenvalue weighted by atomic mass is 79.9. The molecule has 0 amide bonds. The standard InChI is InChI=1S/C12H12BrClN2S/c13-10-6-9(2-3-11(10)14)16-12(7-15)4-1-5-17-8-12/h2-3,6,16H,1,4-5,8H2. The van der Waals surface area contributed by atoms with Gasteiger partial charge in [0.15, 0.2) is 0 Å². The molecule has 0 aromatic heterocycles. The summed E-state index contributed by atoms with van der Waals surface area (Å²) in [6, 6.07) is 8.07. The van der Waals surface area contributed by atoms with Gasteiger partial charge in [0, 0.05) is 15.9 Å². The second-order valence-electron chi connectivity index (χ2n) is 4.10. The lowest BCUT2D eigenvalue weighted by Gasteiger charge is -2.32. The molecule has 0 radical (unpaired) electrons. The number of hydrogen-bond donors (Lipinski definition) is 1. The van der Waals surface area contributed by atoms with Crippen LogP contribution in [0.15, 0.2) is 22.7 Å². The molecule has 5 heteroatoms. The number of hydrogen-bond acceptors (Lipinski definition) is 3. The van der Waals surface area contributed by atoms with E-state index in [0.717, 1.165) is 34.5 Å². The first kappa shape index (κ1) is 13.1. The zero-order valence-corrected chi connectivity index (χ0v) is 12.3. The fraction of sp³-hybridized carbons (Fsp3) is 0.417. The Hall–Kier alpha value is -0.370. The van der Waals surface area contributed by atoms with Crippen molar-refractivity contribution in [2.24, 2.45) is 0 Å². The maximum absolute atomic E-state index is 9.36. The third-order valence-electron chi connectivity index (χ3n) is 2.76. The summed E-state index contributed by atoms with van der Waals surface area (Å²) in [6.07, 6.45) is 1.98. The SMILES string of the molecule is N#CC1(Nc2ccc(Cl)c(Br)c2)CCCSC1. The van der Waals surface area contributed by atoms with Crippen LogP contribution in [-0.2, 0) is 0 Å². The summed E-state index contributed by atoms with van der Waals surface area (Å²) in [4.78, 5) is 0. The van der Waals surface area contributed by atoms with Crippen molar-refractivity contribution >= 4 is 45.0 Å². The molecule has 2 nitrogen and oxygen atoms in total. The van der Waals surface area contributed by atoms with Crippen molar-refractivity contribution in [3.8, 4) is 6.07 Å². The molecule has 17 heavy (non-hydrogen) atoms. The molecule has 1 atom stereocenters. The molecular weight excluding hydrogens is 320 g/mol. The van der Waals surface area contributed by atoms with Gasteiger partial charge in [0.05, 0.1) is 11.1 Å². The summed E-state index contributed by atoms with van der Waals surface area (Å²) >= 11 is 11.2. The molecular formula is C12H12BrClN2S. The van der Waals surface area contributed by atoms with Crippen molar-refractivity contribution < 1.29 is 0 Å². The molecule has 0 spiro atoms. The molecule has 1 aromatic carbocycles. The lowest BCUT2D eigenvalue weighted by Crippen LogP contribution is -2.41. The predicted molar refractivity (Wildman–Crippen MR) is 77.7 cm³/mol. The van der Waals surface area contributed by atoms with Crippen molar-refractivity contribution in [1.29, 1.82) is 5.26 Å². The van der Waals surface area contributed by atoms with Crippen LogP contribution in [0.2, 0.25) is 5.02 Å². The number of halogens is 2. The first-order valence-corrected chi connectivity index (χ1v) is 7.70. The summed E-state index contributed by atoms with van der Waals surface area (Å²) in [6.45, 7) is 0. The van der Waals surface area contributed by atoms with E-state index in [1.165, 1.54) is 0 Å². The van der Waals surface area contributed by atoms with Gasteiger partial charge < -0.3 is 5.32 Å². The van der Waals surface area contributed by atoms with Gasteiger partial charge in [0.2, 0.25) is 0 Å². The molecule has 1 aliphatic heterocycles. The summed E-state index contributed by atoms with van der Waals surface area (Å²) in [5, 5.41) is 13.4. The molecule has 1 N–H and O–H groups in total. The van der Waals surface area contributed by atoms with Gasteiger partial charge in [-0.1, -0.05) is 11.6 Å². The molecule has 2 rings (SSSR count). The van der Waals surface area contributed by atoms with Gasteiger partial charge >= 0.3 is 0 Å². The molecule has 1 unspecified atom stereocenters. The molecule has 90 valence electrons. The van der Waals surface area contributed by atoms with Crippen LogP contribution < -0.4 is 5.32 Å². The Morgan fingerprint density at radius 1 is 1.53 bits per heavy atom. The topological polar surface area (TPSA) is 35.8 Å². The second kappa shape index (κ2) is 5.51. The van der Waals surface area contributed by atoms with Gasteiger partial charge in [-0.15, -0.1) is 0 Å². The zero-order valence-electron chi connectivity index (χ0n) is 9.17. The highest BCUT2D eigenvalue weighted by Gasteiger charge is 2.32. The molecule has 1 saturated heterocycles. The largest absolute Gasteiger partial charge is 0.367 e. The number of benzene rings is 1. The van der Waals surface area contributed by atoms with E-state index >= 15 is 0 Å². The smallest absolute Gasteiger partial charge is 0.134 e. The Bertz CT molecular complexity index is 452. The molecule has 0 aliphatic carbocycles. The summed E-state index contributed by atoms with van der Waals surface area (Å²) in [5.41, 5.74) is 0.501. The van der Waals surface area contributed by atoms with Gasteiger partial charge in [0.25, 0.3) is 0 Å². The number of thioether (sulfide) groups is 1. The lowest BCUT2D eigenvalue weighted by atomic mass is 9.97. The van der Waals surface area contributed by atoms with E-state index in [-0.39, 0.29) is 0 Å². The fourth-order valence-corrected chi connectivity index (χ4v) is 3.48. The highest BCUT2D eigenvalue weighted by molar-refractivity contribution is 9.10. The van der Waals surface area contributed by atoms with E-state index < -0.39 is 5.54 Å². The molecule has 0 bridgehead atoms. The summed E-state index contributed by atoms with van der Waals surface area (Å²) < 4.78 is 0.848. The Morgan fingerprint density at radius 3 is 2.94 bits per heavy atom. The van der Waals surface area contributed by atoms with E-state index in [4.69, 9.17) is 11.6 Å². The number of nitrogens with zero attached hydrogens (tertiary/aromatic N) is 1. The minimum Gasteiger partial charge on any atom is -0.367 e. The van der Waals surface area contributed by atoms with Gasteiger partial charge in [-0.2, -0.15) is 17.0 Å². The predicted octanol–water partition coefficient (Wildman–Crippen LogP) is 4.30. The maximum Gasteiger partial charge on any atom is 0.134 e. The van der Waals surface area contributed by atoms with Crippen LogP contribution in [0.25, 0.3) is 0 Å². The van der Waals surface area contributed by atoms with Crippen LogP contribution in [0.5, 0.6) is 0 Å². The van der Waals surface area contributed by atoms with Gasteiger partial charge in [-0.05, 0) is 52.7 Å².